The lowest BCUT2D eigenvalue weighted by Crippen LogP contribution is -2.12. The number of ether oxygens (including phenoxy) is 1. The van der Waals surface area contributed by atoms with Gasteiger partial charge in [-0.1, -0.05) is 23.8 Å². The van der Waals surface area contributed by atoms with Gasteiger partial charge in [-0.15, -0.1) is 11.3 Å². The van der Waals surface area contributed by atoms with E-state index in [1.807, 2.05) is 32.0 Å². The molecule has 0 atom stereocenters. The van der Waals surface area contributed by atoms with E-state index in [-0.39, 0.29) is 5.56 Å². The molecule has 0 saturated heterocycles. The van der Waals surface area contributed by atoms with Crippen LogP contribution >= 0.6 is 11.3 Å². The molecule has 1 aromatic heterocycles. The lowest BCUT2D eigenvalue weighted by molar-refractivity contribution is -0.131. The van der Waals surface area contributed by atoms with Crippen LogP contribution in [0.3, 0.4) is 0 Å². The van der Waals surface area contributed by atoms with Crippen molar-refractivity contribution < 1.29 is 24.2 Å². The minimum atomic E-state index is -1.23. The summed E-state index contributed by atoms with van der Waals surface area (Å²) in [7, 11) is 1.27. The van der Waals surface area contributed by atoms with E-state index < -0.39 is 17.8 Å². The number of aryl methyl sites for hydroxylation is 2. The molecule has 0 aliphatic carbocycles. The number of nitrogens with one attached hydrogen (secondary N) is 1. The fourth-order valence-corrected chi connectivity index (χ4v) is 3.23. The van der Waals surface area contributed by atoms with Crippen molar-refractivity contribution in [1.82, 2.24) is 0 Å². The predicted octanol–water partition coefficient (Wildman–Crippen LogP) is 3.40. The van der Waals surface area contributed by atoms with Crippen LogP contribution in [0, 0.1) is 13.8 Å². The van der Waals surface area contributed by atoms with Gasteiger partial charge in [0.15, 0.2) is 0 Å². The summed E-state index contributed by atoms with van der Waals surface area (Å²) < 4.78 is 4.85. The number of carboxylic acids is 1. The maximum absolute atomic E-state index is 12.3. The maximum Gasteiger partial charge on any atom is 0.341 e. The van der Waals surface area contributed by atoms with Gasteiger partial charge in [0.05, 0.1) is 7.11 Å². The van der Waals surface area contributed by atoms with Gasteiger partial charge in [-0.3, -0.25) is 4.79 Å². The molecule has 0 radical (unpaired) electrons. The van der Waals surface area contributed by atoms with Gasteiger partial charge in [0.2, 0.25) is 5.91 Å². The molecule has 25 heavy (non-hydrogen) atoms. The number of esters is 1. The van der Waals surface area contributed by atoms with Crippen molar-refractivity contribution in [3.63, 3.8) is 0 Å². The second-order valence-electron chi connectivity index (χ2n) is 5.32. The second kappa shape index (κ2) is 7.76. The zero-order chi connectivity index (χ0) is 18.6. The summed E-state index contributed by atoms with van der Waals surface area (Å²) in [5, 5.41) is 13.2. The summed E-state index contributed by atoms with van der Waals surface area (Å²) in [5.74, 6) is -2.44. The summed E-state index contributed by atoms with van der Waals surface area (Å²) in [6.45, 7) is 3.88. The number of methoxy groups -OCH3 is 1. The van der Waals surface area contributed by atoms with E-state index in [1.54, 1.807) is 5.38 Å². The fourth-order valence-electron chi connectivity index (χ4n) is 2.28. The lowest BCUT2D eigenvalue weighted by atomic mass is 9.97. The van der Waals surface area contributed by atoms with Crippen LogP contribution < -0.4 is 5.32 Å². The molecule has 0 saturated carbocycles. The number of rotatable bonds is 5. The van der Waals surface area contributed by atoms with Gasteiger partial charge in [-0.05, 0) is 25.0 Å². The van der Waals surface area contributed by atoms with Gasteiger partial charge in [-0.2, -0.15) is 0 Å². The van der Waals surface area contributed by atoms with Crippen molar-refractivity contribution in [2.45, 2.75) is 13.8 Å². The first kappa shape index (κ1) is 18.4. The van der Waals surface area contributed by atoms with Crippen LogP contribution in [-0.4, -0.2) is 30.1 Å². The van der Waals surface area contributed by atoms with Crippen molar-refractivity contribution in [2.24, 2.45) is 0 Å². The molecule has 2 aromatic rings. The highest BCUT2D eigenvalue weighted by molar-refractivity contribution is 7.15. The van der Waals surface area contributed by atoms with Crippen LogP contribution in [-0.2, 0) is 14.3 Å². The first-order valence-electron chi connectivity index (χ1n) is 7.33. The molecule has 0 bridgehead atoms. The van der Waals surface area contributed by atoms with Gasteiger partial charge >= 0.3 is 11.9 Å². The summed E-state index contributed by atoms with van der Waals surface area (Å²) >= 11 is 1.18. The second-order valence-corrected chi connectivity index (χ2v) is 6.20. The molecule has 0 fully saturated rings. The largest absolute Gasteiger partial charge is 0.478 e. The highest BCUT2D eigenvalue weighted by Crippen LogP contribution is 2.37. The summed E-state index contributed by atoms with van der Waals surface area (Å²) in [5.41, 5.74) is 3.81. The Balaban J connectivity index is 2.48. The Morgan fingerprint density at radius 1 is 1.16 bits per heavy atom. The Hall–Kier alpha value is -2.93. The van der Waals surface area contributed by atoms with Crippen LogP contribution in [0.2, 0.25) is 0 Å². The number of aliphatic carboxylic acids is 1. The minimum Gasteiger partial charge on any atom is -0.478 e. The van der Waals surface area contributed by atoms with Crippen LogP contribution in [0.4, 0.5) is 5.00 Å². The molecule has 0 spiro atoms. The van der Waals surface area contributed by atoms with E-state index in [0.717, 1.165) is 28.8 Å². The van der Waals surface area contributed by atoms with Crippen LogP contribution in [0.5, 0.6) is 0 Å². The highest BCUT2D eigenvalue weighted by Gasteiger charge is 2.22. The van der Waals surface area contributed by atoms with Crippen LogP contribution in [0.15, 0.2) is 35.7 Å². The van der Waals surface area contributed by atoms with Crippen molar-refractivity contribution in [2.75, 3.05) is 12.4 Å². The Kier molecular flexibility index (Phi) is 5.71. The van der Waals surface area contributed by atoms with Crippen LogP contribution in [0.25, 0.3) is 11.1 Å². The van der Waals surface area contributed by atoms with Crippen LogP contribution in [0.1, 0.15) is 21.5 Å². The van der Waals surface area contributed by atoms with E-state index in [9.17, 15) is 14.4 Å². The Bertz CT molecular complexity index is 866. The molecule has 0 aliphatic heterocycles. The van der Waals surface area contributed by atoms with E-state index in [4.69, 9.17) is 9.84 Å². The number of amides is 1. The average molecular weight is 359 g/mol. The van der Waals surface area contributed by atoms with E-state index in [1.165, 1.54) is 18.4 Å². The third kappa shape index (κ3) is 4.33. The maximum atomic E-state index is 12.3. The van der Waals surface area contributed by atoms with E-state index in [0.29, 0.717) is 10.6 Å². The van der Waals surface area contributed by atoms with Gasteiger partial charge in [0, 0.05) is 23.1 Å². The fraction of sp³-hybridized carbons (Fsp3) is 0.167. The predicted molar refractivity (Wildman–Crippen MR) is 96.0 cm³/mol. The first-order valence-corrected chi connectivity index (χ1v) is 8.21. The van der Waals surface area contributed by atoms with Gasteiger partial charge in [0.25, 0.3) is 0 Å². The molecule has 0 aliphatic rings. The molecule has 130 valence electrons. The molecule has 1 heterocycles. The normalized spacial score (nSPS) is 10.7. The summed E-state index contributed by atoms with van der Waals surface area (Å²) in [6.07, 6.45) is 1.62. The number of carboxylic acid groups (broad SMARTS) is 1. The standard InChI is InChI=1S/C18H17NO5S/c1-10-4-5-11(2)12(8-10)13-9-25-17(16(13)18(23)24-3)19-14(20)6-7-15(21)22/h4-9H,1-3H3,(H,19,20)(H,21,22)/b7-6+. The molecule has 2 rings (SSSR count). The lowest BCUT2D eigenvalue weighted by Gasteiger charge is -2.09. The number of carbonyl (C=O) groups is 3. The van der Waals surface area contributed by atoms with Gasteiger partial charge in [-0.25, -0.2) is 9.59 Å². The Morgan fingerprint density at radius 2 is 1.88 bits per heavy atom. The number of hydrogen-bond acceptors (Lipinski definition) is 5. The summed E-state index contributed by atoms with van der Waals surface area (Å²) in [6, 6.07) is 5.89. The minimum absolute atomic E-state index is 0.248. The smallest absolute Gasteiger partial charge is 0.341 e. The number of anilines is 1. The molecular formula is C18H17NO5S. The highest BCUT2D eigenvalue weighted by atomic mass is 32.1. The number of benzene rings is 1. The molecule has 6 nitrogen and oxygen atoms in total. The Labute approximate surface area is 148 Å². The third-order valence-corrected chi connectivity index (χ3v) is 4.37. The van der Waals surface area contributed by atoms with Gasteiger partial charge in [0.1, 0.15) is 10.6 Å². The summed E-state index contributed by atoms with van der Waals surface area (Å²) in [4.78, 5) is 34.6. The quantitative estimate of drug-likeness (QED) is 0.630. The zero-order valence-corrected chi connectivity index (χ0v) is 14.8. The molecular weight excluding hydrogens is 342 g/mol. The third-order valence-electron chi connectivity index (χ3n) is 3.48. The average Bonchev–Trinajstić information content (AvgIpc) is 2.97. The number of thiophene rings is 1. The van der Waals surface area contributed by atoms with Gasteiger partial charge < -0.3 is 15.2 Å². The molecule has 2 N–H and O–H groups in total. The van der Waals surface area contributed by atoms with E-state index >= 15 is 0 Å². The van der Waals surface area contributed by atoms with Crippen molar-refractivity contribution >= 4 is 34.2 Å². The van der Waals surface area contributed by atoms with Crippen molar-refractivity contribution in [1.29, 1.82) is 0 Å². The number of carbonyl (C=O) groups excluding carboxylic acids is 2. The van der Waals surface area contributed by atoms with Crippen molar-refractivity contribution in [3.05, 3.63) is 52.4 Å². The number of hydrogen-bond donors (Lipinski definition) is 2. The first-order chi connectivity index (χ1) is 11.8. The molecule has 1 amide bonds. The van der Waals surface area contributed by atoms with Crippen molar-refractivity contribution in [3.8, 4) is 11.1 Å². The van der Waals surface area contributed by atoms with E-state index in [2.05, 4.69) is 5.32 Å². The monoisotopic (exact) mass is 359 g/mol. The molecule has 1 aromatic carbocycles. The molecule has 0 unspecified atom stereocenters. The topological polar surface area (TPSA) is 92.7 Å². The molecule has 7 heteroatoms. The zero-order valence-electron chi connectivity index (χ0n) is 14.0. The SMILES string of the molecule is COC(=O)c1c(-c2cc(C)ccc2C)csc1NC(=O)/C=C/C(=O)O. The Morgan fingerprint density at radius 3 is 2.52 bits per heavy atom.